The van der Waals surface area contributed by atoms with Crippen LogP contribution in [0.3, 0.4) is 0 Å². The van der Waals surface area contributed by atoms with Gasteiger partial charge in [0.2, 0.25) is 0 Å². The number of carbonyl (C=O) groups excluding carboxylic acids is 1. The Labute approximate surface area is 158 Å². The molecule has 0 saturated carbocycles. The Hall–Kier alpha value is -3.65. The quantitative estimate of drug-likeness (QED) is 0.522. The van der Waals surface area contributed by atoms with E-state index in [9.17, 15) is 10.1 Å². The van der Waals surface area contributed by atoms with Crippen molar-refractivity contribution in [3.8, 4) is 17.3 Å². The van der Waals surface area contributed by atoms with Gasteiger partial charge in [0.1, 0.15) is 11.6 Å². The lowest BCUT2D eigenvalue weighted by Gasteiger charge is -2.05. The number of hydrogen-bond acceptors (Lipinski definition) is 3. The highest BCUT2D eigenvalue weighted by atomic mass is 16.1. The van der Waals surface area contributed by atoms with E-state index in [2.05, 4.69) is 15.5 Å². The molecule has 1 aromatic heterocycles. The summed E-state index contributed by atoms with van der Waals surface area (Å²) >= 11 is 0. The number of H-pyrrole nitrogens is 1. The first kappa shape index (κ1) is 18.2. The number of rotatable bonds is 6. The Bertz CT molecular complexity index is 979. The first-order valence-electron chi connectivity index (χ1n) is 8.71. The molecule has 3 aromatic rings. The van der Waals surface area contributed by atoms with Crippen LogP contribution in [-0.4, -0.2) is 22.6 Å². The van der Waals surface area contributed by atoms with E-state index < -0.39 is 0 Å². The molecule has 3 rings (SSSR count). The maximum atomic E-state index is 12.4. The molecule has 0 bridgehead atoms. The van der Waals surface area contributed by atoms with Crippen molar-refractivity contribution in [2.24, 2.45) is 0 Å². The summed E-state index contributed by atoms with van der Waals surface area (Å²) in [6.07, 6.45) is 3.89. The lowest BCUT2D eigenvalue weighted by Crippen LogP contribution is -2.26. The number of amides is 1. The third kappa shape index (κ3) is 4.71. The van der Waals surface area contributed by atoms with Crippen LogP contribution in [0.25, 0.3) is 17.3 Å². The fourth-order valence-electron chi connectivity index (χ4n) is 2.72. The standard InChI is InChI=1S/C22H20N4O/c1-16-7-9-18(10-8-16)21-20(15-25-26-21)13-19(14-23)22(27)24-12-11-17-5-3-2-4-6-17/h2-10,13,15H,11-12H2,1H3,(H,24,27)(H,25,26). The Morgan fingerprint density at radius 2 is 1.93 bits per heavy atom. The highest BCUT2D eigenvalue weighted by molar-refractivity contribution is 6.02. The third-order valence-corrected chi connectivity index (χ3v) is 4.22. The van der Waals surface area contributed by atoms with Crippen molar-refractivity contribution < 1.29 is 4.79 Å². The zero-order valence-electron chi connectivity index (χ0n) is 15.1. The smallest absolute Gasteiger partial charge is 0.261 e. The van der Waals surface area contributed by atoms with Gasteiger partial charge in [0, 0.05) is 17.7 Å². The molecule has 1 amide bonds. The number of nitriles is 1. The van der Waals surface area contributed by atoms with Crippen molar-refractivity contribution in [2.45, 2.75) is 13.3 Å². The van der Waals surface area contributed by atoms with E-state index in [1.54, 1.807) is 12.3 Å². The molecule has 5 nitrogen and oxygen atoms in total. The maximum absolute atomic E-state index is 12.4. The van der Waals surface area contributed by atoms with E-state index in [0.29, 0.717) is 18.5 Å². The summed E-state index contributed by atoms with van der Waals surface area (Å²) in [5.74, 6) is -0.385. The van der Waals surface area contributed by atoms with Crippen molar-refractivity contribution in [3.05, 3.63) is 83.1 Å². The second-order valence-corrected chi connectivity index (χ2v) is 6.23. The molecule has 0 aliphatic rings. The van der Waals surface area contributed by atoms with Gasteiger partial charge in [0.25, 0.3) is 5.91 Å². The van der Waals surface area contributed by atoms with E-state index in [1.165, 1.54) is 0 Å². The zero-order chi connectivity index (χ0) is 19.1. The fourth-order valence-corrected chi connectivity index (χ4v) is 2.72. The number of carbonyl (C=O) groups is 1. The summed E-state index contributed by atoms with van der Waals surface area (Å²) in [7, 11) is 0. The van der Waals surface area contributed by atoms with Crippen molar-refractivity contribution >= 4 is 12.0 Å². The van der Waals surface area contributed by atoms with E-state index in [0.717, 1.165) is 22.4 Å². The van der Waals surface area contributed by atoms with Crippen LogP contribution in [-0.2, 0) is 11.2 Å². The lowest BCUT2D eigenvalue weighted by atomic mass is 10.0. The summed E-state index contributed by atoms with van der Waals surface area (Å²) in [4.78, 5) is 12.4. The summed E-state index contributed by atoms with van der Waals surface area (Å²) < 4.78 is 0. The predicted octanol–water partition coefficient (Wildman–Crippen LogP) is 3.65. The summed E-state index contributed by atoms with van der Waals surface area (Å²) in [5, 5.41) is 19.2. The SMILES string of the molecule is Cc1ccc(-c2[nH]ncc2C=C(C#N)C(=O)NCCc2ccccc2)cc1. The molecule has 0 fully saturated rings. The molecule has 5 heteroatoms. The van der Waals surface area contributed by atoms with Crippen LogP contribution in [0.2, 0.25) is 0 Å². The Kier molecular flexibility index (Phi) is 5.80. The molecule has 1 heterocycles. The minimum atomic E-state index is -0.385. The van der Waals surface area contributed by atoms with E-state index in [-0.39, 0.29) is 11.5 Å². The minimum Gasteiger partial charge on any atom is -0.351 e. The summed E-state index contributed by atoms with van der Waals surface area (Å²) in [5.41, 5.74) is 4.78. The van der Waals surface area contributed by atoms with E-state index in [4.69, 9.17) is 0 Å². The average molecular weight is 356 g/mol. The van der Waals surface area contributed by atoms with Crippen LogP contribution in [0.1, 0.15) is 16.7 Å². The number of aryl methyl sites for hydroxylation is 1. The second kappa shape index (κ2) is 8.63. The van der Waals surface area contributed by atoms with Gasteiger partial charge >= 0.3 is 0 Å². The molecule has 0 unspecified atom stereocenters. The van der Waals surface area contributed by atoms with E-state index in [1.807, 2.05) is 67.6 Å². The van der Waals surface area contributed by atoms with Gasteiger partial charge < -0.3 is 5.32 Å². The topological polar surface area (TPSA) is 81.6 Å². The number of aromatic nitrogens is 2. The van der Waals surface area contributed by atoms with Crippen molar-refractivity contribution in [1.29, 1.82) is 5.26 Å². The Morgan fingerprint density at radius 1 is 1.19 bits per heavy atom. The van der Waals surface area contributed by atoms with Gasteiger partial charge in [-0.3, -0.25) is 9.89 Å². The monoisotopic (exact) mass is 356 g/mol. The van der Waals surface area contributed by atoms with Crippen LogP contribution < -0.4 is 5.32 Å². The van der Waals surface area contributed by atoms with Crippen molar-refractivity contribution in [1.82, 2.24) is 15.5 Å². The zero-order valence-corrected chi connectivity index (χ0v) is 15.1. The number of benzene rings is 2. The third-order valence-electron chi connectivity index (χ3n) is 4.22. The van der Waals surface area contributed by atoms with Crippen molar-refractivity contribution in [2.75, 3.05) is 6.54 Å². The largest absolute Gasteiger partial charge is 0.351 e. The van der Waals surface area contributed by atoms with Crippen LogP contribution in [0.15, 0.2) is 66.4 Å². The molecule has 0 radical (unpaired) electrons. The predicted molar refractivity (Wildman–Crippen MR) is 106 cm³/mol. The van der Waals surface area contributed by atoms with Gasteiger partial charge in [-0.25, -0.2) is 0 Å². The normalized spacial score (nSPS) is 11.0. The number of nitrogens with zero attached hydrogens (tertiary/aromatic N) is 2. The van der Waals surface area contributed by atoms with Gasteiger partial charge in [-0.05, 0) is 25.0 Å². The van der Waals surface area contributed by atoms with Crippen LogP contribution in [0.5, 0.6) is 0 Å². The first-order chi connectivity index (χ1) is 13.2. The highest BCUT2D eigenvalue weighted by Crippen LogP contribution is 2.23. The highest BCUT2D eigenvalue weighted by Gasteiger charge is 2.12. The van der Waals surface area contributed by atoms with Crippen LogP contribution >= 0.6 is 0 Å². The van der Waals surface area contributed by atoms with E-state index >= 15 is 0 Å². The molecule has 2 aromatic carbocycles. The van der Waals surface area contributed by atoms with Crippen molar-refractivity contribution in [3.63, 3.8) is 0 Å². The molecular formula is C22H20N4O. The maximum Gasteiger partial charge on any atom is 0.261 e. The van der Waals surface area contributed by atoms with Gasteiger partial charge in [-0.2, -0.15) is 10.4 Å². The van der Waals surface area contributed by atoms with Crippen LogP contribution in [0, 0.1) is 18.3 Å². The number of hydrogen-bond donors (Lipinski definition) is 2. The first-order valence-corrected chi connectivity index (χ1v) is 8.71. The molecule has 0 spiro atoms. The fraction of sp³-hybridized carbons (Fsp3) is 0.136. The molecule has 134 valence electrons. The number of nitrogens with one attached hydrogen (secondary N) is 2. The molecule has 0 aliphatic heterocycles. The molecule has 27 heavy (non-hydrogen) atoms. The number of aromatic amines is 1. The molecule has 2 N–H and O–H groups in total. The second-order valence-electron chi connectivity index (χ2n) is 6.23. The summed E-state index contributed by atoms with van der Waals surface area (Å²) in [6.45, 7) is 2.49. The lowest BCUT2D eigenvalue weighted by molar-refractivity contribution is -0.117. The Balaban J connectivity index is 1.71. The summed E-state index contributed by atoms with van der Waals surface area (Å²) in [6, 6.07) is 19.8. The van der Waals surface area contributed by atoms with Gasteiger partial charge in [0.15, 0.2) is 0 Å². The van der Waals surface area contributed by atoms with Crippen LogP contribution in [0.4, 0.5) is 0 Å². The molecule has 0 aliphatic carbocycles. The molecular weight excluding hydrogens is 336 g/mol. The van der Waals surface area contributed by atoms with Gasteiger partial charge in [-0.15, -0.1) is 0 Å². The minimum absolute atomic E-state index is 0.0535. The molecule has 0 saturated heterocycles. The average Bonchev–Trinajstić information content (AvgIpc) is 3.15. The molecule has 0 atom stereocenters. The van der Waals surface area contributed by atoms with Gasteiger partial charge in [0.05, 0.1) is 11.9 Å². The Morgan fingerprint density at radius 3 is 2.63 bits per heavy atom. The van der Waals surface area contributed by atoms with Gasteiger partial charge in [-0.1, -0.05) is 60.2 Å².